The van der Waals surface area contributed by atoms with E-state index >= 15 is 0 Å². The van der Waals surface area contributed by atoms with Gasteiger partial charge in [-0.2, -0.15) is 0 Å². The highest BCUT2D eigenvalue weighted by atomic mass is 79.9. The van der Waals surface area contributed by atoms with Gasteiger partial charge in [0.25, 0.3) is 6.43 Å². The molecule has 1 aromatic carbocycles. The van der Waals surface area contributed by atoms with Crippen molar-refractivity contribution in [2.75, 3.05) is 0 Å². The number of nitrogens with two attached hydrogens (primary N) is 1. The molecule has 0 heterocycles. The normalized spacial score (nSPS) is 12.4. The summed E-state index contributed by atoms with van der Waals surface area (Å²) in [5.74, 6) is -0.249. The summed E-state index contributed by atoms with van der Waals surface area (Å²) in [5, 5.41) is 9.46. The molecule has 0 unspecified atom stereocenters. The van der Waals surface area contributed by atoms with Gasteiger partial charge in [0.2, 0.25) is 0 Å². The van der Waals surface area contributed by atoms with Crippen molar-refractivity contribution in [2.24, 2.45) is 5.73 Å². The maximum atomic E-state index is 12.3. The lowest BCUT2D eigenvalue weighted by molar-refractivity contribution is 0.115. The molecule has 2 nitrogen and oxygen atoms in total. The zero-order valence-electron chi connectivity index (χ0n) is 7.25. The predicted octanol–water partition coefficient (Wildman–Crippen LogP) is 3.60. The van der Waals surface area contributed by atoms with Gasteiger partial charge < -0.3 is 10.8 Å². The first-order valence-corrected chi connectivity index (χ1v) is 5.23. The Morgan fingerprint density at radius 2 is 1.80 bits per heavy atom. The fourth-order valence-electron chi connectivity index (χ4n) is 0.976. The molecule has 0 spiro atoms. The molecule has 0 aliphatic rings. The van der Waals surface area contributed by atoms with E-state index in [0.717, 1.165) is 0 Å². The smallest absolute Gasteiger partial charge is 0.257 e. The van der Waals surface area contributed by atoms with Gasteiger partial charge >= 0.3 is 0 Å². The van der Waals surface area contributed by atoms with E-state index in [0.29, 0.717) is 8.95 Å². The Hall–Kier alpha value is 0.0900. The summed E-state index contributed by atoms with van der Waals surface area (Å²) in [6, 6.07) is 1.44. The predicted molar refractivity (Wildman–Crippen MR) is 63.7 cm³/mol. The van der Waals surface area contributed by atoms with Crippen LogP contribution in [0, 0.1) is 0 Å². The van der Waals surface area contributed by atoms with Crippen LogP contribution < -0.4 is 5.73 Å². The Morgan fingerprint density at radius 3 is 2.27 bits per heavy atom. The standard InChI is InChI=1S/C8H7Br2F2NO.ClH/c9-3-1-4(6(13)8(11)12)7(14)5(10)2-3;/h1-2,6,8,14H,13H2;1H/t6-;/m0./s1. The molecular weight excluding hydrogens is 359 g/mol. The highest BCUT2D eigenvalue weighted by Gasteiger charge is 2.22. The first-order chi connectivity index (χ1) is 6.43. The second kappa shape index (κ2) is 5.98. The maximum absolute atomic E-state index is 12.3. The molecule has 7 heteroatoms. The average molecular weight is 367 g/mol. The monoisotopic (exact) mass is 365 g/mol. The summed E-state index contributed by atoms with van der Waals surface area (Å²) in [6.45, 7) is 0. The largest absolute Gasteiger partial charge is 0.506 e. The van der Waals surface area contributed by atoms with Gasteiger partial charge in [-0.05, 0) is 28.1 Å². The highest BCUT2D eigenvalue weighted by molar-refractivity contribution is 9.11. The minimum absolute atomic E-state index is 0. The van der Waals surface area contributed by atoms with Gasteiger partial charge in [-0.15, -0.1) is 12.4 Å². The Balaban J connectivity index is 0.00000196. The van der Waals surface area contributed by atoms with Crippen molar-refractivity contribution < 1.29 is 13.9 Å². The van der Waals surface area contributed by atoms with E-state index in [2.05, 4.69) is 31.9 Å². The Morgan fingerprint density at radius 1 is 1.27 bits per heavy atom. The molecule has 1 rings (SSSR count). The lowest BCUT2D eigenvalue weighted by Gasteiger charge is -2.13. The van der Waals surface area contributed by atoms with Crippen LogP contribution in [0.25, 0.3) is 0 Å². The highest BCUT2D eigenvalue weighted by Crippen LogP contribution is 2.36. The quantitative estimate of drug-likeness (QED) is 0.839. The second-order valence-electron chi connectivity index (χ2n) is 2.69. The van der Waals surface area contributed by atoms with E-state index < -0.39 is 12.5 Å². The molecule has 15 heavy (non-hydrogen) atoms. The number of hydrogen-bond donors (Lipinski definition) is 2. The molecule has 0 saturated carbocycles. The number of benzene rings is 1. The van der Waals surface area contributed by atoms with E-state index in [9.17, 15) is 13.9 Å². The molecule has 1 aromatic rings. The van der Waals surface area contributed by atoms with Gasteiger partial charge in [-0.1, -0.05) is 15.9 Å². The molecule has 0 radical (unpaired) electrons. The van der Waals surface area contributed by atoms with Gasteiger partial charge in [-0.3, -0.25) is 0 Å². The number of halogens is 5. The SMILES string of the molecule is Cl.N[C@@H](c1cc(Br)cc(Br)c1O)C(F)F. The van der Waals surface area contributed by atoms with Gasteiger partial charge in [-0.25, -0.2) is 8.78 Å². The lowest BCUT2D eigenvalue weighted by atomic mass is 10.1. The minimum Gasteiger partial charge on any atom is -0.506 e. The van der Waals surface area contributed by atoms with Crippen LogP contribution in [0.2, 0.25) is 0 Å². The second-order valence-corrected chi connectivity index (χ2v) is 4.46. The first kappa shape index (κ1) is 15.1. The van der Waals surface area contributed by atoms with E-state index in [1.54, 1.807) is 6.07 Å². The number of phenols is 1. The lowest BCUT2D eigenvalue weighted by Crippen LogP contribution is -2.19. The van der Waals surface area contributed by atoms with Crippen LogP contribution in [0.1, 0.15) is 11.6 Å². The Kier molecular flexibility index (Phi) is 6.02. The van der Waals surface area contributed by atoms with E-state index in [4.69, 9.17) is 5.73 Å². The number of phenolic OH excluding ortho intramolecular Hbond substituents is 1. The zero-order valence-corrected chi connectivity index (χ0v) is 11.2. The minimum atomic E-state index is -2.71. The van der Waals surface area contributed by atoms with Crippen LogP contribution >= 0.6 is 44.3 Å². The molecule has 3 N–H and O–H groups in total. The topological polar surface area (TPSA) is 46.2 Å². The first-order valence-electron chi connectivity index (χ1n) is 3.65. The zero-order chi connectivity index (χ0) is 10.9. The number of alkyl halides is 2. The van der Waals surface area contributed by atoms with Gasteiger partial charge in [0, 0.05) is 10.0 Å². The average Bonchev–Trinajstić information content (AvgIpc) is 2.09. The van der Waals surface area contributed by atoms with Crippen LogP contribution in [0.3, 0.4) is 0 Å². The summed E-state index contributed by atoms with van der Waals surface area (Å²) in [7, 11) is 0. The van der Waals surface area contributed by atoms with Crippen molar-refractivity contribution in [2.45, 2.75) is 12.5 Å². The number of hydrogen-bond acceptors (Lipinski definition) is 2. The molecule has 86 valence electrons. The molecule has 0 saturated heterocycles. The van der Waals surface area contributed by atoms with Gasteiger partial charge in [0.15, 0.2) is 0 Å². The summed E-state index contributed by atoms with van der Waals surface area (Å²) in [4.78, 5) is 0. The molecule has 0 fully saturated rings. The van der Waals surface area contributed by atoms with Crippen LogP contribution in [-0.4, -0.2) is 11.5 Å². The van der Waals surface area contributed by atoms with Crippen molar-refractivity contribution in [1.82, 2.24) is 0 Å². The van der Waals surface area contributed by atoms with Crippen molar-refractivity contribution in [1.29, 1.82) is 0 Å². The Bertz CT molecular complexity index is 352. The summed E-state index contributed by atoms with van der Waals surface area (Å²) < 4.78 is 25.5. The van der Waals surface area contributed by atoms with Crippen LogP contribution in [-0.2, 0) is 0 Å². The molecule has 0 amide bonds. The van der Waals surface area contributed by atoms with Crippen molar-refractivity contribution >= 4 is 44.3 Å². The van der Waals surface area contributed by atoms with Crippen molar-refractivity contribution in [3.05, 3.63) is 26.6 Å². The summed E-state index contributed by atoms with van der Waals surface area (Å²) >= 11 is 6.16. The van der Waals surface area contributed by atoms with Crippen LogP contribution in [0.15, 0.2) is 21.1 Å². The molecule has 0 aliphatic carbocycles. The number of rotatable bonds is 2. The molecule has 0 bridgehead atoms. The van der Waals surface area contributed by atoms with E-state index in [1.165, 1.54) is 6.07 Å². The third-order valence-electron chi connectivity index (χ3n) is 1.69. The number of aromatic hydroxyl groups is 1. The van der Waals surface area contributed by atoms with Gasteiger partial charge in [0.1, 0.15) is 5.75 Å². The molecule has 0 aromatic heterocycles. The fraction of sp³-hybridized carbons (Fsp3) is 0.250. The van der Waals surface area contributed by atoms with Crippen LogP contribution in [0.4, 0.5) is 8.78 Å². The van der Waals surface area contributed by atoms with E-state index in [-0.39, 0.29) is 23.7 Å². The molecule has 1 atom stereocenters. The van der Waals surface area contributed by atoms with Crippen LogP contribution in [0.5, 0.6) is 5.75 Å². The van der Waals surface area contributed by atoms with Gasteiger partial charge in [0.05, 0.1) is 10.5 Å². The third kappa shape index (κ3) is 3.55. The Labute approximate surface area is 109 Å². The summed E-state index contributed by atoms with van der Waals surface area (Å²) in [5.41, 5.74) is 5.24. The fourth-order valence-corrected chi connectivity index (χ4v) is 2.23. The third-order valence-corrected chi connectivity index (χ3v) is 2.75. The molecule has 0 aliphatic heterocycles. The molecular formula is C8H8Br2ClF2NO. The van der Waals surface area contributed by atoms with Crippen molar-refractivity contribution in [3.63, 3.8) is 0 Å². The summed E-state index contributed by atoms with van der Waals surface area (Å²) in [6.07, 6.45) is -2.71. The van der Waals surface area contributed by atoms with E-state index in [1.807, 2.05) is 0 Å². The van der Waals surface area contributed by atoms with Crippen molar-refractivity contribution in [3.8, 4) is 5.75 Å². The maximum Gasteiger partial charge on any atom is 0.257 e.